The van der Waals surface area contributed by atoms with Gasteiger partial charge in [-0.1, -0.05) is 27.2 Å². The van der Waals surface area contributed by atoms with Crippen molar-refractivity contribution in [1.29, 1.82) is 0 Å². The Morgan fingerprint density at radius 3 is 2.07 bits per heavy atom. The van der Waals surface area contributed by atoms with Crippen LogP contribution in [0.1, 0.15) is 47.0 Å². The molecular formula is C12H21NO2. The predicted molar refractivity (Wildman–Crippen MR) is 59.4 cm³/mol. The highest BCUT2D eigenvalue weighted by molar-refractivity contribution is 5.89. The van der Waals surface area contributed by atoms with E-state index in [0.29, 0.717) is 0 Å². The van der Waals surface area contributed by atoms with Crippen molar-refractivity contribution in [2.45, 2.75) is 53.0 Å². The van der Waals surface area contributed by atoms with Crippen LogP contribution in [0.5, 0.6) is 0 Å². The fraction of sp³-hybridized carbons (Fsp3) is 0.833. The van der Waals surface area contributed by atoms with E-state index < -0.39 is 0 Å². The zero-order valence-electron chi connectivity index (χ0n) is 10.1. The number of carbonyl (C=O) groups excluding carboxylic acids is 2. The number of nitrogens with one attached hydrogen (secondary N) is 1. The first-order valence-corrected chi connectivity index (χ1v) is 5.63. The molecule has 0 radical (unpaired) electrons. The van der Waals surface area contributed by atoms with Crippen molar-refractivity contribution in [3.8, 4) is 0 Å². The van der Waals surface area contributed by atoms with Gasteiger partial charge in [-0.3, -0.25) is 9.59 Å². The number of hydrogen-bond donors (Lipinski definition) is 1. The molecular weight excluding hydrogens is 190 g/mol. The molecule has 0 unspecified atom stereocenters. The minimum absolute atomic E-state index is 0.0372. The molecule has 0 aliphatic heterocycles. The molecule has 1 fully saturated rings. The molecule has 0 bridgehead atoms. The third-order valence-electron chi connectivity index (χ3n) is 3.04. The van der Waals surface area contributed by atoms with Gasteiger partial charge < -0.3 is 5.32 Å². The van der Waals surface area contributed by atoms with Crippen LogP contribution in [0.4, 0.5) is 0 Å². The number of hydrogen-bond acceptors (Lipinski definition) is 2. The van der Waals surface area contributed by atoms with E-state index in [4.69, 9.17) is 0 Å². The van der Waals surface area contributed by atoms with Crippen LogP contribution in [0.15, 0.2) is 0 Å². The summed E-state index contributed by atoms with van der Waals surface area (Å²) in [6.07, 6.45) is 3.08. The third kappa shape index (κ3) is 3.05. The highest BCUT2D eigenvalue weighted by Gasteiger charge is 2.33. The molecule has 3 nitrogen and oxygen atoms in total. The number of ketones is 1. The average molecular weight is 211 g/mol. The van der Waals surface area contributed by atoms with Crippen LogP contribution < -0.4 is 5.32 Å². The van der Waals surface area contributed by atoms with Gasteiger partial charge in [-0.2, -0.15) is 0 Å². The molecule has 0 aromatic heterocycles. The summed E-state index contributed by atoms with van der Waals surface area (Å²) in [6.45, 7) is 7.46. The normalized spacial score (nSPS) is 19.2. The summed E-state index contributed by atoms with van der Waals surface area (Å²) in [7, 11) is 0. The van der Waals surface area contributed by atoms with Gasteiger partial charge in [0.25, 0.3) is 0 Å². The lowest BCUT2D eigenvalue weighted by molar-refractivity contribution is -0.133. The maximum Gasteiger partial charge on any atom is 0.223 e. The zero-order valence-corrected chi connectivity index (χ0v) is 10.1. The Morgan fingerprint density at radius 2 is 1.80 bits per heavy atom. The van der Waals surface area contributed by atoms with Gasteiger partial charge in [-0.05, 0) is 25.2 Å². The van der Waals surface area contributed by atoms with Gasteiger partial charge in [-0.25, -0.2) is 0 Å². The maximum absolute atomic E-state index is 11.7. The molecule has 1 rings (SSSR count). The number of carbonyl (C=O) groups is 2. The molecule has 0 spiro atoms. The van der Waals surface area contributed by atoms with Gasteiger partial charge in [0.15, 0.2) is 5.78 Å². The van der Waals surface area contributed by atoms with Crippen molar-refractivity contribution >= 4 is 11.7 Å². The molecule has 1 saturated carbocycles. The fourth-order valence-corrected chi connectivity index (χ4v) is 1.86. The Kier molecular flexibility index (Phi) is 3.53. The van der Waals surface area contributed by atoms with E-state index in [1.165, 1.54) is 6.92 Å². The van der Waals surface area contributed by atoms with E-state index in [1.807, 2.05) is 20.8 Å². The Morgan fingerprint density at radius 1 is 1.27 bits per heavy atom. The van der Waals surface area contributed by atoms with Gasteiger partial charge in [0, 0.05) is 5.92 Å². The van der Waals surface area contributed by atoms with Crippen LogP contribution in [0.2, 0.25) is 0 Å². The SMILES string of the molecule is CC(=O)[C@@H](NC(=O)C1CCC1)C(C)(C)C. The summed E-state index contributed by atoms with van der Waals surface area (Å²) in [5.41, 5.74) is -0.203. The summed E-state index contributed by atoms with van der Waals surface area (Å²) < 4.78 is 0. The number of rotatable bonds is 3. The summed E-state index contributed by atoms with van der Waals surface area (Å²) in [5, 5.41) is 2.87. The lowest BCUT2D eigenvalue weighted by atomic mass is 9.81. The molecule has 0 aromatic carbocycles. The van der Waals surface area contributed by atoms with Crippen LogP contribution in [-0.2, 0) is 9.59 Å². The van der Waals surface area contributed by atoms with Crippen LogP contribution in [0, 0.1) is 11.3 Å². The Labute approximate surface area is 91.6 Å². The minimum Gasteiger partial charge on any atom is -0.346 e. The second kappa shape index (κ2) is 4.33. The summed E-state index contributed by atoms with van der Waals surface area (Å²) >= 11 is 0. The minimum atomic E-state index is -0.356. The van der Waals surface area contributed by atoms with E-state index in [9.17, 15) is 9.59 Å². The van der Waals surface area contributed by atoms with Crippen LogP contribution >= 0.6 is 0 Å². The smallest absolute Gasteiger partial charge is 0.223 e. The summed E-state index contributed by atoms with van der Waals surface area (Å²) in [6, 6.07) is -0.356. The highest BCUT2D eigenvalue weighted by atomic mass is 16.2. The number of amides is 1. The largest absolute Gasteiger partial charge is 0.346 e. The van der Waals surface area contributed by atoms with Crippen molar-refractivity contribution in [3.05, 3.63) is 0 Å². The molecule has 3 heteroatoms. The monoisotopic (exact) mass is 211 g/mol. The first-order valence-electron chi connectivity index (χ1n) is 5.63. The molecule has 86 valence electrons. The van der Waals surface area contributed by atoms with Crippen LogP contribution in [-0.4, -0.2) is 17.7 Å². The second-order valence-electron chi connectivity index (χ2n) is 5.55. The summed E-state index contributed by atoms with van der Waals surface area (Å²) in [5.74, 6) is 0.237. The molecule has 1 atom stereocenters. The maximum atomic E-state index is 11.7. The van der Waals surface area contributed by atoms with E-state index >= 15 is 0 Å². The molecule has 15 heavy (non-hydrogen) atoms. The molecule has 0 aromatic rings. The van der Waals surface area contributed by atoms with Crippen LogP contribution in [0.3, 0.4) is 0 Å². The van der Waals surface area contributed by atoms with Gasteiger partial charge >= 0.3 is 0 Å². The lowest BCUT2D eigenvalue weighted by Gasteiger charge is -2.32. The molecule has 1 amide bonds. The standard InChI is InChI=1S/C12H21NO2/c1-8(14)10(12(2,3)4)13-11(15)9-6-5-7-9/h9-10H,5-7H2,1-4H3,(H,13,15)/t10-/m1/s1. The molecule has 1 aliphatic carbocycles. The highest BCUT2D eigenvalue weighted by Crippen LogP contribution is 2.27. The Hall–Kier alpha value is -0.860. The van der Waals surface area contributed by atoms with Crippen molar-refractivity contribution < 1.29 is 9.59 Å². The van der Waals surface area contributed by atoms with Crippen molar-refractivity contribution in [1.82, 2.24) is 5.32 Å². The van der Waals surface area contributed by atoms with Crippen molar-refractivity contribution in [2.75, 3.05) is 0 Å². The average Bonchev–Trinajstić information content (AvgIpc) is 1.93. The quantitative estimate of drug-likeness (QED) is 0.775. The van der Waals surface area contributed by atoms with Gasteiger partial charge in [-0.15, -0.1) is 0 Å². The van der Waals surface area contributed by atoms with Gasteiger partial charge in [0.05, 0.1) is 6.04 Å². The van der Waals surface area contributed by atoms with E-state index in [1.54, 1.807) is 0 Å². The first kappa shape index (κ1) is 12.2. The molecule has 0 saturated heterocycles. The fourth-order valence-electron chi connectivity index (χ4n) is 1.86. The summed E-state index contributed by atoms with van der Waals surface area (Å²) in [4.78, 5) is 23.2. The van der Waals surface area contributed by atoms with Crippen LogP contribution in [0.25, 0.3) is 0 Å². The molecule has 0 heterocycles. The van der Waals surface area contributed by atoms with Crippen molar-refractivity contribution in [3.63, 3.8) is 0 Å². The second-order valence-corrected chi connectivity index (χ2v) is 5.55. The Bertz CT molecular complexity index is 261. The Balaban J connectivity index is 2.58. The third-order valence-corrected chi connectivity index (χ3v) is 3.04. The zero-order chi connectivity index (χ0) is 11.6. The molecule has 1 aliphatic rings. The lowest BCUT2D eigenvalue weighted by Crippen LogP contribution is -2.50. The first-order chi connectivity index (χ1) is 6.82. The van der Waals surface area contributed by atoms with Gasteiger partial charge in [0.1, 0.15) is 0 Å². The topological polar surface area (TPSA) is 46.2 Å². The van der Waals surface area contributed by atoms with E-state index in [2.05, 4.69) is 5.32 Å². The van der Waals surface area contributed by atoms with Gasteiger partial charge in [0.2, 0.25) is 5.91 Å². The predicted octanol–water partition coefficient (Wildman–Crippen LogP) is 1.91. The van der Waals surface area contributed by atoms with Crippen molar-refractivity contribution in [2.24, 2.45) is 11.3 Å². The number of Topliss-reactive ketones (excluding diaryl/α,β-unsaturated/α-hetero) is 1. The van der Waals surface area contributed by atoms with E-state index in [-0.39, 0.29) is 29.1 Å². The molecule has 1 N–H and O–H groups in total. The van der Waals surface area contributed by atoms with E-state index in [0.717, 1.165) is 19.3 Å².